The molecule has 0 radical (unpaired) electrons. The Labute approximate surface area is 82.1 Å². The van der Waals surface area contributed by atoms with Crippen molar-refractivity contribution in [1.82, 2.24) is 0 Å². The SMILES string of the molecule is NCCNc1ccccc1.[Ti]. The van der Waals surface area contributed by atoms with Gasteiger partial charge in [0.25, 0.3) is 0 Å². The molecule has 3 heteroatoms. The molecule has 3 N–H and O–H groups in total. The van der Waals surface area contributed by atoms with Gasteiger partial charge in [-0.25, -0.2) is 0 Å². The first-order chi connectivity index (χ1) is 4.93. The Morgan fingerprint density at radius 1 is 1.18 bits per heavy atom. The van der Waals surface area contributed by atoms with Gasteiger partial charge in [0.1, 0.15) is 0 Å². The summed E-state index contributed by atoms with van der Waals surface area (Å²) in [5.74, 6) is 0. The van der Waals surface area contributed by atoms with Crippen LogP contribution in [0.4, 0.5) is 5.69 Å². The molecule has 0 amide bonds. The maximum atomic E-state index is 5.31. The van der Waals surface area contributed by atoms with E-state index >= 15 is 0 Å². The Balaban J connectivity index is 0.000001000. The first-order valence-electron chi connectivity index (χ1n) is 3.42. The molecule has 0 aliphatic carbocycles. The smallest absolute Gasteiger partial charge is 0.0340 e. The molecule has 1 rings (SSSR count). The third-order valence-electron chi connectivity index (χ3n) is 1.25. The van der Waals surface area contributed by atoms with Crippen LogP contribution in [0.15, 0.2) is 30.3 Å². The van der Waals surface area contributed by atoms with Crippen LogP contribution in [0.2, 0.25) is 0 Å². The normalized spacial score (nSPS) is 8.45. The summed E-state index contributed by atoms with van der Waals surface area (Å²) in [7, 11) is 0. The van der Waals surface area contributed by atoms with Crippen molar-refractivity contribution in [3.05, 3.63) is 30.3 Å². The van der Waals surface area contributed by atoms with E-state index in [9.17, 15) is 0 Å². The number of hydrogen-bond acceptors (Lipinski definition) is 2. The fourth-order valence-electron chi connectivity index (χ4n) is 0.773. The predicted molar refractivity (Wildman–Crippen MR) is 44.0 cm³/mol. The second-order valence-electron chi connectivity index (χ2n) is 2.08. The molecule has 11 heavy (non-hydrogen) atoms. The molecule has 0 aliphatic rings. The van der Waals surface area contributed by atoms with Crippen molar-refractivity contribution in [3.8, 4) is 0 Å². The van der Waals surface area contributed by atoms with E-state index in [2.05, 4.69) is 5.32 Å². The van der Waals surface area contributed by atoms with E-state index in [4.69, 9.17) is 5.73 Å². The molecule has 0 fully saturated rings. The molecule has 0 aromatic heterocycles. The van der Waals surface area contributed by atoms with Gasteiger partial charge in [0.05, 0.1) is 0 Å². The van der Waals surface area contributed by atoms with Crippen LogP contribution in [-0.4, -0.2) is 13.1 Å². The van der Waals surface area contributed by atoms with Gasteiger partial charge in [-0.3, -0.25) is 0 Å². The van der Waals surface area contributed by atoms with Crippen molar-refractivity contribution in [3.63, 3.8) is 0 Å². The number of nitrogens with one attached hydrogen (secondary N) is 1. The van der Waals surface area contributed by atoms with Crippen molar-refractivity contribution >= 4 is 5.69 Å². The van der Waals surface area contributed by atoms with Crippen molar-refractivity contribution in [2.75, 3.05) is 18.4 Å². The maximum absolute atomic E-state index is 5.31. The quantitative estimate of drug-likeness (QED) is 0.689. The van der Waals surface area contributed by atoms with Gasteiger partial charge < -0.3 is 11.1 Å². The van der Waals surface area contributed by atoms with Crippen LogP contribution >= 0.6 is 0 Å². The Morgan fingerprint density at radius 3 is 2.36 bits per heavy atom. The fourth-order valence-corrected chi connectivity index (χ4v) is 0.773. The molecule has 0 heterocycles. The van der Waals surface area contributed by atoms with Crippen LogP contribution < -0.4 is 11.1 Å². The van der Waals surface area contributed by atoms with E-state index in [0.717, 1.165) is 12.2 Å². The van der Waals surface area contributed by atoms with Gasteiger partial charge in [0.2, 0.25) is 0 Å². The number of para-hydroxylation sites is 1. The van der Waals surface area contributed by atoms with Crippen LogP contribution in [0.3, 0.4) is 0 Å². The molecule has 0 spiro atoms. The summed E-state index contributed by atoms with van der Waals surface area (Å²) in [5.41, 5.74) is 6.45. The zero-order chi connectivity index (χ0) is 7.23. The second kappa shape index (κ2) is 6.41. The summed E-state index contributed by atoms with van der Waals surface area (Å²) in [6.07, 6.45) is 0. The monoisotopic (exact) mass is 184 g/mol. The average Bonchev–Trinajstić information content (AvgIpc) is 2.03. The van der Waals surface area contributed by atoms with Gasteiger partial charge in [-0.15, -0.1) is 0 Å². The first-order valence-corrected chi connectivity index (χ1v) is 3.42. The van der Waals surface area contributed by atoms with Crippen LogP contribution in [0, 0.1) is 0 Å². The zero-order valence-electron chi connectivity index (χ0n) is 6.38. The minimum Gasteiger partial charge on any atom is -0.384 e. The molecule has 58 valence electrons. The fraction of sp³-hybridized carbons (Fsp3) is 0.250. The number of benzene rings is 1. The molecule has 0 atom stereocenters. The summed E-state index contributed by atoms with van der Waals surface area (Å²) in [4.78, 5) is 0. The summed E-state index contributed by atoms with van der Waals surface area (Å²) in [5, 5.41) is 3.17. The Hall–Kier alpha value is -0.306. The Morgan fingerprint density at radius 2 is 1.82 bits per heavy atom. The van der Waals surface area contributed by atoms with Crippen molar-refractivity contribution in [2.24, 2.45) is 5.73 Å². The molecular formula is C8H12N2Ti. The van der Waals surface area contributed by atoms with E-state index < -0.39 is 0 Å². The molecule has 0 saturated carbocycles. The van der Waals surface area contributed by atoms with E-state index in [1.807, 2.05) is 30.3 Å². The van der Waals surface area contributed by atoms with E-state index in [1.54, 1.807) is 0 Å². The van der Waals surface area contributed by atoms with E-state index in [0.29, 0.717) is 6.54 Å². The number of rotatable bonds is 3. The first kappa shape index (κ1) is 10.7. The molecular weight excluding hydrogens is 172 g/mol. The third-order valence-corrected chi connectivity index (χ3v) is 1.25. The zero-order valence-corrected chi connectivity index (χ0v) is 7.94. The third kappa shape index (κ3) is 4.20. The summed E-state index contributed by atoms with van der Waals surface area (Å²) < 4.78 is 0. The molecule has 1 aromatic carbocycles. The number of anilines is 1. The van der Waals surface area contributed by atoms with Crippen molar-refractivity contribution < 1.29 is 21.7 Å². The maximum Gasteiger partial charge on any atom is 0.0340 e. The van der Waals surface area contributed by atoms with Gasteiger partial charge in [0, 0.05) is 40.5 Å². The van der Waals surface area contributed by atoms with Gasteiger partial charge in [-0.2, -0.15) is 0 Å². The average molecular weight is 184 g/mol. The van der Waals surface area contributed by atoms with Crippen molar-refractivity contribution in [1.29, 1.82) is 0 Å². The largest absolute Gasteiger partial charge is 0.384 e. The van der Waals surface area contributed by atoms with Gasteiger partial charge >= 0.3 is 0 Å². The molecule has 1 aromatic rings. The summed E-state index contributed by atoms with van der Waals surface area (Å²) >= 11 is 0. The van der Waals surface area contributed by atoms with Crippen molar-refractivity contribution in [2.45, 2.75) is 0 Å². The second-order valence-corrected chi connectivity index (χ2v) is 2.08. The Kier molecular flexibility index (Phi) is 6.23. The van der Waals surface area contributed by atoms with Crippen LogP contribution in [0.1, 0.15) is 0 Å². The van der Waals surface area contributed by atoms with Gasteiger partial charge in [-0.1, -0.05) is 18.2 Å². The number of nitrogens with two attached hydrogens (primary N) is 1. The molecule has 0 bridgehead atoms. The summed E-state index contributed by atoms with van der Waals surface area (Å²) in [6, 6.07) is 10.0. The molecule has 2 nitrogen and oxygen atoms in total. The molecule has 0 unspecified atom stereocenters. The standard InChI is InChI=1S/C8H12N2.Ti/c9-6-7-10-8-4-2-1-3-5-8;/h1-5,10H,6-7,9H2;. The predicted octanol–water partition coefficient (Wildman–Crippen LogP) is 1.05. The molecule has 0 aliphatic heterocycles. The Bertz CT molecular complexity index is 177. The summed E-state index contributed by atoms with van der Waals surface area (Å²) in [6.45, 7) is 1.51. The topological polar surface area (TPSA) is 38.0 Å². The van der Waals surface area contributed by atoms with Gasteiger partial charge in [0.15, 0.2) is 0 Å². The van der Waals surface area contributed by atoms with Crippen LogP contribution in [-0.2, 0) is 21.7 Å². The van der Waals surface area contributed by atoms with E-state index in [-0.39, 0.29) is 21.7 Å². The minimum absolute atomic E-state index is 0. The van der Waals surface area contributed by atoms with Crippen LogP contribution in [0.5, 0.6) is 0 Å². The molecule has 0 saturated heterocycles. The van der Waals surface area contributed by atoms with E-state index in [1.165, 1.54) is 0 Å². The van der Waals surface area contributed by atoms with Gasteiger partial charge in [-0.05, 0) is 12.1 Å². The minimum atomic E-state index is 0. The van der Waals surface area contributed by atoms with Crippen LogP contribution in [0.25, 0.3) is 0 Å². The number of hydrogen-bond donors (Lipinski definition) is 2.